The fourth-order valence-electron chi connectivity index (χ4n) is 2.50. The highest BCUT2D eigenvalue weighted by molar-refractivity contribution is 6.35. The van der Waals surface area contributed by atoms with Crippen LogP contribution in [0.3, 0.4) is 0 Å². The van der Waals surface area contributed by atoms with E-state index in [2.05, 4.69) is 5.32 Å². The number of amides is 1. The molecule has 3 aromatic rings. The van der Waals surface area contributed by atoms with E-state index in [1.54, 1.807) is 49.6 Å². The third-order valence-corrected chi connectivity index (χ3v) is 4.54. The molecule has 0 radical (unpaired) electrons. The van der Waals surface area contributed by atoms with Gasteiger partial charge in [0.25, 0.3) is 11.5 Å². The third kappa shape index (κ3) is 4.70. The molecular weight excluding hydrogens is 387 g/mol. The van der Waals surface area contributed by atoms with E-state index in [1.807, 2.05) is 0 Å². The van der Waals surface area contributed by atoms with Crippen LogP contribution < -0.4 is 15.6 Å². The van der Waals surface area contributed by atoms with E-state index in [4.69, 9.17) is 27.9 Å². The standard InChI is InChI=1S/C20H16Cl2N2O3/c1-27-17-7-5-16(6-8-17)23-20(26)14-3-9-19(25)24(12-14)11-13-2-4-15(21)10-18(13)22/h2-10,12H,11H2,1H3,(H,23,26). The quantitative estimate of drug-likeness (QED) is 0.684. The number of carbonyl (C=O) groups excluding carboxylic acids is 1. The van der Waals surface area contributed by atoms with Crippen LogP contribution >= 0.6 is 23.2 Å². The largest absolute Gasteiger partial charge is 0.497 e. The van der Waals surface area contributed by atoms with E-state index in [1.165, 1.54) is 22.9 Å². The van der Waals surface area contributed by atoms with Crippen LogP contribution in [0.5, 0.6) is 5.75 Å². The summed E-state index contributed by atoms with van der Waals surface area (Å²) in [5.41, 5.74) is 1.48. The fraction of sp³-hybridized carbons (Fsp3) is 0.100. The van der Waals surface area contributed by atoms with Gasteiger partial charge in [-0.3, -0.25) is 9.59 Å². The van der Waals surface area contributed by atoms with Gasteiger partial charge in [-0.15, -0.1) is 0 Å². The van der Waals surface area contributed by atoms with Gasteiger partial charge in [0.15, 0.2) is 0 Å². The Kier molecular flexibility index (Phi) is 5.84. The summed E-state index contributed by atoms with van der Waals surface area (Å²) in [7, 11) is 1.57. The number of halogens is 2. The minimum Gasteiger partial charge on any atom is -0.497 e. The zero-order chi connectivity index (χ0) is 19.4. The zero-order valence-electron chi connectivity index (χ0n) is 14.4. The fourth-order valence-corrected chi connectivity index (χ4v) is 2.97. The van der Waals surface area contributed by atoms with Crippen molar-refractivity contribution in [2.24, 2.45) is 0 Å². The van der Waals surface area contributed by atoms with Crippen molar-refractivity contribution >= 4 is 34.8 Å². The van der Waals surface area contributed by atoms with Crippen LogP contribution in [0.4, 0.5) is 5.69 Å². The Morgan fingerprint density at radius 2 is 1.81 bits per heavy atom. The Balaban J connectivity index is 1.81. The van der Waals surface area contributed by atoms with Gasteiger partial charge >= 0.3 is 0 Å². The lowest BCUT2D eigenvalue weighted by molar-refractivity contribution is 0.102. The second-order valence-electron chi connectivity index (χ2n) is 5.80. The topological polar surface area (TPSA) is 60.3 Å². The minimum absolute atomic E-state index is 0.234. The number of pyridine rings is 1. The maximum absolute atomic E-state index is 12.5. The first-order valence-corrected chi connectivity index (χ1v) is 8.81. The first kappa shape index (κ1) is 19.0. The first-order valence-electron chi connectivity index (χ1n) is 8.06. The Labute approximate surface area is 166 Å². The summed E-state index contributed by atoms with van der Waals surface area (Å²) >= 11 is 12.1. The van der Waals surface area contributed by atoms with Crippen LogP contribution in [0.15, 0.2) is 65.6 Å². The average Bonchev–Trinajstić information content (AvgIpc) is 2.66. The van der Waals surface area contributed by atoms with Crippen molar-refractivity contribution in [1.29, 1.82) is 0 Å². The van der Waals surface area contributed by atoms with Gasteiger partial charge in [-0.1, -0.05) is 29.3 Å². The van der Waals surface area contributed by atoms with Crippen LogP contribution in [0.1, 0.15) is 15.9 Å². The third-order valence-electron chi connectivity index (χ3n) is 3.95. The number of methoxy groups -OCH3 is 1. The van der Waals surface area contributed by atoms with Gasteiger partial charge in [-0.2, -0.15) is 0 Å². The molecule has 3 rings (SSSR count). The van der Waals surface area contributed by atoms with Crippen molar-refractivity contribution < 1.29 is 9.53 Å². The molecule has 7 heteroatoms. The molecular formula is C20H16Cl2N2O3. The summed E-state index contributed by atoms with van der Waals surface area (Å²) in [5.74, 6) is 0.373. The average molecular weight is 403 g/mol. The zero-order valence-corrected chi connectivity index (χ0v) is 15.9. The number of carbonyl (C=O) groups is 1. The number of ether oxygens (including phenoxy) is 1. The normalized spacial score (nSPS) is 10.5. The number of hydrogen-bond acceptors (Lipinski definition) is 3. The smallest absolute Gasteiger partial charge is 0.257 e. The SMILES string of the molecule is COc1ccc(NC(=O)c2ccc(=O)n(Cc3ccc(Cl)cc3Cl)c2)cc1. The second kappa shape index (κ2) is 8.29. The van der Waals surface area contributed by atoms with Crippen LogP contribution in [0.25, 0.3) is 0 Å². The lowest BCUT2D eigenvalue weighted by atomic mass is 10.2. The van der Waals surface area contributed by atoms with E-state index >= 15 is 0 Å². The van der Waals surface area contributed by atoms with E-state index in [9.17, 15) is 9.59 Å². The van der Waals surface area contributed by atoms with Crippen molar-refractivity contribution in [3.8, 4) is 5.75 Å². The number of hydrogen-bond donors (Lipinski definition) is 1. The molecule has 2 aromatic carbocycles. The molecule has 0 aliphatic carbocycles. The highest BCUT2D eigenvalue weighted by atomic mass is 35.5. The number of rotatable bonds is 5. The molecule has 1 N–H and O–H groups in total. The summed E-state index contributed by atoms with van der Waals surface area (Å²) < 4.78 is 6.52. The van der Waals surface area contributed by atoms with Crippen LogP contribution in [0.2, 0.25) is 10.0 Å². The van der Waals surface area contributed by atoms with E-state index < -0.39 is 0 Å². The summed E-state index contributed by atoms with van der Waals surface area (Å²) in [6.45, 7) is 0.235. The van der Waals surface area contributed by atoms with Crippen LogP contribution in [-0.2, 0) is 6.54 Å². The van der Waals surface area contributed by atoms with E-state index in [-0.39, 0.29) is 18.0 Å². The predicted molar refractivity (Wildman–Crippen MR) is 107 cm³/mol. The summed E-state index contributed by atoms with van der Waals surface area (Å²) in [6, 6.07) is 14.9. The molecule has 0 saturated carbocycles. The molecule has 0 bridgehead atoms. The van der Waals surface area contributed by atoms with Crippen molar-refractivity contribution in [3.63, 3.8) is 0 Å². The van der Waals surface area contributed by atoms with Gasteiger partial charge in [-0.25, -0.2) is 0 Å². The summed E-state index contributed by atoms with van der Waals surface area (Å²) in [4.78, 5) is 24.6. The molecule has 27 heavy (non-hydrogen) atoms. The first-order chi connectivity index (χ1) is 13.0. The molecule has 0 unspecified atom stereocenters. The van der Waals surface area contributed by atoms with Gasteiger partial charge in [0, 0.05) is 28.0 Å². The highest BCUT2D eigenvalue weighted by Gasteiger charge is 2.10. The number of benzene rings is 2. The molecule has 1 aromatic heterocycles. The monoisotopic (exact) mass is 402 g/mol. The Morgan fingerprint density at radius 1 is 1.07 bits per heavy atom. The number of nitrogens with zero attached hydrogens (tertiary/aromatic N) is 1. The van der Waals surface area contributed by atoms with Gasteiger partial charge in [0.05, 0.1) is 19.2 Å². The van der Waals surface area contributed by atoms with Gasteiger partial charge in [0.1, 0.15) is 5.75 Å². The molecule has 138 valence electrons. The van der Waals surface area contributed by atoms with Crippen molar-refractivity contribution in [2.75, 3.05) is 12.4 Å². The lowest BCUT2D eigenvalue weighted by Gasteiger charge is -2.11. The van der Waals surface area contributed by atoms with E-state index in [0.717, 1.165) is 5.56 Å². The van der Waals surface area contributed by atoms with Gasteiger partial charge in [-0.05, 0) is 48.0 Å². The number of anilines is 1. The molecule has 1 amide bonds. The Hall–Kier alpha value is -2.76. The molecule has 1 heterocycles. The van der Waals surface area contributed by atoms with Crippen molar-refractivity contribution in [3.05, 3.63) is 92.3 Å². The van der Waals surface area contributed by atoms with Crippen LogP contribution in [0, 0.1) is 0 Å². The number of aromatic nitrogens is 1. The molecule has 0 spiro atoms. The second-order valence-corrected chi connectivity index (χ2v) is 6.65. The van der Waals surface area contributed by atoms with Crippen molar-refractivity contribution in [1.82, 2.24) is 4.57 Å². The Morgan fingerprint density at radius 3 is 2.48 bits per heavy atom. The Bertz CT molecular complexity index is 1030. The van der Waals surface area contributed by atoms with Crippen LogP contribution in [-0.4, -0.2) is 17.6 Å². The highest BCUT2D eigenvalue weighted by Crippen LogP contribution is 2.21. The van der Waals surface area contributed by atoms with E-state index in [0.29, 0.717) is 27.0 Å². The summed E-state index contributed by atoms with van der Waals surface area (Å²) in [5, 5.41) is 3.76. The lowest BCUT2D eigenvalue weighted by Crippen LogP contribution is -2.22. The summed E-state index contributed by atoms with van der Waals surface area (Å²) in [6.07, 6.45) is 1.51. The van der Waals surface area contributed by atoms with Gasteiger partial charge < -0.3 is 14.6 Å². The maximum Gasteiger partial charge on any atom is 0.257 e. The molecule has 0 aliphatic heterocycles. The molecule has 0 fully saturated rings. The predicted octanol–water partition coefficient (Wildman–Crippen LogP) is 4.46. The number of nitrogens with one attached hydrogen (secondary N) is 1. The molecule has 0 atom stereocenters. The van der Waals surface area contributed by atoms with Gasteiger partial charge in [0.2, 0.25) is 0 Å². The minimum atomic E-state index is -0.323. The molecule has 0 saturated heterocycles. The molecule has 0 aliphatic rings. The molecule has 5 nitrogen and oxygen atoms in total. The maximum atomic E-state index is 12.5. The van der Waals surface area contributed by atoms with Crippen molar-refractivity contribution in [2.45, 2.75) is 6.54 Å².